The molecule has 1 saturated heterocycles. The van der Waals surface area contributed by atoms with Crippen LogP contribution in [0.25, 0.3) is 10.6 Å². The van der Waals surface area contributed by atoms with E-state index in [1.165, 1.54) is 0 Å². The Kier molecular flexibility index (Phi) is 5.09. The third-order valence-electron chi connectivity index (χ3n) is 4.64. The van der Waals surface area contributed by atoms with Gasteiger partial charge >= 0.3 is 0 Å². The highest BCUT2D eigenvalue weighted by Gasteiger charge is 2.29. The van der Waals surface area contributed by atoms with Crippen molar-refractivity contribution < 1.29 is 9.53 Å². The number of nitrogens with zero attached hydrogens (tertiary/aromatic N) is 3. The van der Waals surface area contributed by atoms with Crippen LogP contribution in [0.3, 0.4) is 0 Å². The molecule has 0 N–H and O–H groups in total. The third-order valence-corrected chi connectivity index (χ3v) is 5.52. The fourth-order valence-electron chi connectivity index (χ4n) is 3.54. The molecule has 4 rings (SSSR count). The molecule has 1 aliphatic heterocycles. The summed E-state index contributed by atoms with van der Waals surface area (Å²) in [6.07, 6.45) is 1.97. The molecule has 0 radical (unpaired) electrons. The third kappa shape index (κ3) is 3.96. The van der Waals surface area contributed by atoms with Gasteiger partial charge in [-0.05, 0) is 30.9 Å². The first-order valence-corrected chi connectivity index (χ1v) is 10.1. The SMILES string of the molecule is C[C@H]1CN(C(=O)c2cn(Cc3ccccc3)nc2-c2cccs2)C[C@H](C)O1. The average molecular weight is 382 g/mol. The van der Waals surface area contributed by atoms with Gasteiger partial charge in [0.25, 0.3) is 5.91 Å². The summed E-state index contributed by atoms with van der Waals surface area (Å²) in [7, 11) is 0. The summed E-state index contributed by atoms with van der Waals surface area (Å²) in [6.45, 7) is 5.88. The van der Waals surface area contributed by atoms with E-state index in [1.54, 1.807) is 11.3 Å². The molecular formula is C21H23N3O2S. The Morgan fingerprint density at radius 3 is 2.56 bits per heavy atom. The van der Waals surface area contributed by atoms with Crippen LogP contribution in [0.4, 0.5) is 0 Å². The molecule has 5 nitrogen and oxygen atoms in total. The molecule has 0 unspecified atom stereocenters. The van der Waals surface area contributed by atoms with E-state index < -0.39 is 0 Å². The second-order valence-electron chi connectivity index (χ2n) is 7.02. The van der Waals surface area contributed by atoms with Crippen molar-refractivity contribution in [2.75, 3.05) is 13.1 Å². The van der Waals surface area contributed by atoms with E-state index in [0.717, 1.165) is 16.1 Å². The van der Waals surface area contributed by atoms with Crippen LogP contribution >= 0.6 is 11.3 Å². The minimum Gasteiger partial charge on any atom is -0.372 e. The lowest BCUT2D eigenvalue weighted by atomic mass is 10.1. The molecule has 140 valence electrons. The maximum Gasteiger partial charge on any atom is 0.257 e. The molecule has 3 heterocycles. The van der Waals surface area contributed by atoms with Crippen LogP contribution in [0.2, 0.25) is 0 Å². The van der Waals surface area contributed by atoms with E-state index in [2.05, 4.69) is 12.1 Å². The van der Waals surface area contributed by atoms with Crippen molar-refractivity contribution in [3.63, 3.8) is 0 Å². The maximum absolute atomic E-state index is 13.3. The van der Waals surface area contributed by atoms with E-state index in [0.29, 0.717) is 25.2 Å². The Morgan fingerprint density at radius 1 is 1.15 bits per heavy atom. The Labute approximate surface area is 163 Å². The number of morpholine rings is 1. The molecule has 0 bridgehead atoms. The number of amides is 1. The second-order valence-corrected chi connectivity index (χ2v) is 7.97. The van der Waals surface area contributed by atoms with E-state index in [-0.39, 0.29) is 18.1 Å². The van der Waals surface area contributed by atoms with Crippen LogP contribution in [-0.2, 0) is 11.3 Å². The van der Waals surface area contributed by atoms with Crippen molar-refractivity contribution in [1.29, 1.82) is 0 Å². The summed E-state index contributed by atoms with van der Waals surface area (Å²) in [4.78, 5) is 16.2. The van der Waals surface area contributed by atoms with Gasteiger partial charge in [0.1, 0.15) is 5.69 Å². The van der Waals surface area contributed by atoms with E-state index in [1.807, 2.05) is 65.3 Å². The molecule has 2 aromatic heterocycles. The van der Waals surface area contributed by atoms with E-state index in [9.17, 15) is 4.79 Å². The minimum absolute atomic E-state index is 0.0275. The maximum atomic E-state index is 13.3. The van der Waals surface area contributed by atoms with Crippen molar-refractivity contribution in [3.8, 4) is 10.6 Å². The largest absolute Gasteiger partial charge is 0.372 e. The smallest absolute Gasteiger partial charge is 0.257 e. The number of carbonyl (C=O) groups is 1. The number of aromatic nitrogens is 2. The Hall–Kier alpha value is -2.44. The molecular weight excluding hydrogens is 358 g/mol. The number of benzene rings is 1. The molecule has 1 amide bonds. The number of rotatable bonds is 4. The highest BCUT2D eigenvalue weighted by Crippen LogP contribution is 2.28. The van der Waals surface area contributed by atoms with Gasteiger partial charge in [-0.2, -0.15) is 5.10 Å². The lowest BCUT2D eigenvalue weighted by Gasteiger charge is -2.35. The molecule has 6 heteroatoms. The molecule has 1 aromatic carbocycles. The Balaban J connectivity index is 1.67. The number of ether oxygens (including phenoxy) is 1. The van der Waals surface area contributed by atoms with Crippen molar-refractivity contribution in [2.24, 2.45) is 0 Å². The summed E-state index contributed by atoms with van der Waals surface area (Å²) >= 11 is 1.60. The van der Waals surface area contributed by atoms with Gasteiger partial charge in [-0.25, -0.2) is 0 Å². The quantitative estimate of drug-likeness (QED) is 0.688. The lowest BCUT2D eigenvalue weighted by molar-refractivity contribution is -0.0586. The van der Waals surface area contributed by atoms with Gasteiger partial charge in [0, 0.05) is 19.3 Å². The summed E-state index contributed by atoms with van der Waals surface area (Å²) in [6, 6.07) is 14.2. The number of carbonyl (C=O) groups excluding carboxylic acids is 1. The first kappa shape index (κ1) is 17.9. The highest BCUT2D eigenvalue weighted by atomic mass is 32.1. The van der Waals surface area contributed by atoms with Crippen LogP contribution in [-0.4, -0.2) is 45.9 Å². The van der Waals surface area contributed by atoms with Gasteiger partial charge in [0.15, 0.2) is 0 Å². The molecule has 27 heavy (non-hydrogen) atoms. The number of hydrogen-bond donors (Lipinski definition) is 0. The molecule has 2 atom stereocenters. The topological polar surface area (TPSA) is 47.4 Å². The molecule has 3 aromatic rings. The summed E-state index contributed by atoms with van der Waals surface area (Å²) in [5.41, 5.74) is 2.58. The fraction of sp³-hybridized carbons (Fsp3) is 0.333. The monoisotopic (exact) mass is 381 g/mol. The number of hydrogen-bond acceptors (Lipinski definition) is 4. The summed E-state index contributed by atoms with van der Waals surface area (Å²) in [5, 5.41) is 6.76. The Bertz CT molecular complexity index is 895. The first-order valence-electron chi connectivity index (χ1n) is 9.20. The molecule has 0 aliphatic carbocycles. The van der Waals surface area contributed by atoms with Gasteiger partial charge in [0.2, 0.25) is 0 Å². The zero-order valence-electron chi connectivity index (χ0n) is 15.5. The Morgan fingerprint density at radius 2 is 1.89 bits per heavy atom. The average Bonchev–Trinajstić information content (AvgIpc) is 3.30. The van der Waals surface area contributed by atoms with Crippen molar-refractivity contribution in [3.05, 3.63) is 65.2 Å². The first-order chi connectivity index (χ1) is 13.1. The van der Waals surface area contributed by atoms with E-state index in [4.69, 9.17) is 9.84 Å². The van der Waals surface area contributed by atoms with Gasteiger partial charge in [0.05, 0.1) is 29.2 Å². The van der Waals surface area contributed by atoms with Crippen molar-refractivity contribution in [1.82, 2.24) is 14.7 Å². The van der Waals surface area contributed by atoms with Gasteiger partial charge in [-0.3, -0.25) is 9.48 Å². The van der Waals surface area contributed by atoms with E-state index >= 15 is 0 Å². The normalized spacial score (nSPS) is 20.0. The lowest BCUT2D eigenvalue weighted by Crippen LogP contribution is -2.48. The predicted molar refractivity (Wildman–Crippen MR) is 107 cm³/mol. The zero-order chi connectivity index (χ0) is 18.8. The van der Waals surface area contributed by atoms with Crippen LogP contribution in [0.15, 0.2) is 54.0 Å². The standard InChI is InChI=1S/C21H23N3O2S/c1-15-11-23(12-16(2)26-15)21(25)18-14-24(13-17-7-4-3-5-8-17)22-20(18)19-9-6-10-27-19/h3-10,14-16H,11-13H2,1-2H3/t15-,16-/m0/s1. The summed E-state index contributed by atoms with van der Waals surface area (Å²) < 4.78 is 7.64. The van der Waals surface area contributed by atoms with Crippen LogP contribution in [0.1, 0.15) is 29.8 Å². The van der Waals surface area contributed by atoms with Crippen LogP contribution in [0, 0.1) is 0 Å². The fourth-order valence-corrected chi connectivity index (χ4v) is 4.26. The molecule has 0 saturated carbocycles. The van der Waals surface area contributed by atoms with Gasteiger partial charge < -0.3 is 9.64 Å². The highest BCUT2D eigenvalue weighted by molar-refractivity contribution is 7.13. The van der Waals surface area contributed by atoms with Crippen LogP contribution in [0.5, 0.6) is 0 Å². The van der Waals surface area contributed by atoms with Crippen LogP contribution < -0.4 is 0 Å². The van der Waals surface area contributed by atoms with Gasteiger partial charge in [-0.15, -0.1) is 11.3 Å². The molecule has 1 fully saturated rings. The minimum atomic E-state index is 0.0275. The number of thiophene rings is 1. The zero-order valence-corrected chi connectivity index (χ0v) is 16.4. The van der Waals surface area contributed by atoms with Gasteiger partial charge in [-0.1, -0.05) is 36.4 Å². The second kappa shape index (κ2) is 7.66. The summed E-state index contributed by atoms with van der Waals surface area (Å²) in [5.74, 6) is 0.0275. The predicted octanol–water partition coefficient (Wildman–Crippen LogP) is 3.91. The van der Waals surface area contributed by atoms with Crippen molar-refractivity contribution in [2.45, 2.75) is 32.6 Å². The van der Waals surface area contributed by atoms with Crippen molar-refractivity contribution >= 4 is 17.2 Å². The molecule has 0 spiro atoms. The molecule has 1 aliphatic rings.